The van der Waals surface area contributed by atoms with Crippen molar-refractivity contribution >= 4 is 40.5 Å². The topological polar surface area (TPSA) is 79.5 Å². The predicted molar refractivity (Wildman–Crippen MR) is 127 cm³/mol. The SMILES string of the molecule is COc1ccccc1C(=O)NC(=S)Nc1cccc(NC(=O)CCc2ccccc2)c1. The van der Waals surface area contributed by atoms with Crippen LogP contribution in [0.15, 0.2) is 78.9 Å². The van der Waals surface area contributed by atoms with Gasteiger partial charge in [0.1, 0.15) is 5.75 Å². The average molecular weight is 434 g/mol. The summed E-state index contributed by atoms with van der Waals surface area (Å²) in [6.45, 7) is 0. The second kappa shape index (κ2) is 10.9. The molecule has 0 atom stereocenters. The van der Waals surface area contributed by atoms with Gasteiger partial charge in [0, 0.05) is 17.8 Å². The van der Waals surface area contributed by atoms with E-state index in [1.165, 1.54) is 7.11 Å². The molecule has 0 spiro atoms. The van der Waals surface area contributed by atoms with Crippen molar-refractivity contribution in [1.82, 2.24) is 5.32 Å². The normalized spacial score (nSPS) is 10.1. The van der Waals surface area contributed by atoms with Crippen molar-refractivity contribution in [3.05, 3.63) is 90.0 Å². The van der Waals surface area contributed by atoms with E-state index in [9.17, 15) is 9.59 Å². The zero-order valence-corrected chi connectivity index (χ0v) is 17.9. The first-order valence-corrected chi connectivity index (χ1v) is 10.1. The Morgan fingerprint density at radius 2 is 1.55 bits per heavy atom. The number of thiocarbonyl (C=S) groups is 1. The molecule has 0 fully saturated rings. The summed E-state index contributed by atoms with van der Waals surface area (Å²) in [5, 5.41) is 8.61. The molecule has 7 heteroatoms. The van der Waals surface area contributed by atoms with E-state index < -0.39 is 0 Å². The number of aryl methyl sites for hydroxylation is 1. The highest BCUT2D eigenvalue weighted by atomic mass is 32.1. The Kier molecular flexibility index (Phi) is 7.73. The van der Waals surface area contributed by atoms with Crippen molar-refractivity contribution in [3.63, 3.8) is 0 Å². The summed E-state index contributed by atoms with van der Waals surface area (Å²) >= 11 is 5.25. The third-order valence-corrected chi connectivity index (χ3v) is 4.67. The highest BCUT2D eigenvalue weighted by Gasteiger charge is 2.13. The molecule has 0 aliphatic carbocycles. The number of para-hydroxylation sites is 1. The molecule has 3 rings (SSSR count). The molecular weight excluding hydrogens is 410 g/mol. The van der Waals surface area contributed by atoms with Crippen LogP contribution < -0.4 is 20.7 Å². The lowest BCUT2D eigenvalue weighted by Gasteiger charge is -2.12. The quantitative estimate of drug-likeness (QED) is 0.482. The summed E-state index contributed by atoms with van der Waals surface area (Å²) in [5.74, 6) is 0.0105. The summed E-state index contributed by atoms with van der Waals surface area (Å²) in [6, 6.07) is 23.9. The van der Waals surface area contributed by atoms with Crippen molar-refractivity contribution in [2.75, 3.05) is 17.7 Å². The van der Waals surface area contributed by atoms with Gasteiger partial charge < -0.3 is 15.4 Å². The lowest BCUT2D eigenvalue weighted by atomic mass is 10.1. The van der Waals surface area contributed by atoms with Crippen LogP contribution in [-0.2, 0) is 11.2 Å². The molecule has 0 saturated carbocycles. The van der Waals surface area contributed by atoms with E-state index in [1.54, 1.807) is 48.5 Å². The van der Waals surface area contributed by atoms with Crippen LogP contribution in [0.2, 0.25) is 0 Å². The molecule has 2 amide bonds. The molecule has 0 aliphatic heterocycles. The van der Waals surface area contributed by atoms with Crippen molar-refractivity contribution in [1.29, 1.82) is 0 Å². The van der Waals surface area contributed by atoms with Crippen LogP contribution in [0.25, 0.3) is 0 Å². The fourth-order valence-corrected chi connectivity index (χ4v) is 3.18. The fraction of sp³-hybridized carbons (Fsp3) is 0.125. The number of methoxy groups -OCH3 is 1. The predicted octanol–water partition coefficient (Wildman–Crippen LogP) is 4.39. The Balaban J connectivity index is 1.54. The molecule has 0 radical (unpaired) electrons. The molecule has 0 aliphatic rings. The number of hydrogen-bond donors (Lipinski definition) is 3. The molecule has 0 heterocycles. The van der Waals surface area contributed by atoms with Crippen molar-refractivity contribution in [2.24, 2.45) is 0 Å². The monoisotopic (exact) mass is 433 g/mol. The first-order valence-electron chi connectivity index (χ1n) is 9.74. The summed E-state index contributed by atoms with van der Waals surface area (Å²) in [5.41, 5.74) is 2.78. The van der Waals surface area contributed by atoms with Gasteiger partial charge in [-0.1, -0.05) is 48.5 Å². The molecule has 3 N–H and O–H groups in total. The second-order valence-electron chi connectivity index (χ2n) is 6.72. The summed E-state index contributed by atoms with van der Waals surface area (Å²) in [4.78, 5) is 24.7. The van der Waals surface area contributed by atoms with Gasteiger partial charge in [0.05, 0.1) is 12.7 Å². The molecule has 0 aromatic heterocycles. The van der Waals surface area contributed by atoms with Crippen LogP contribution in [0.1, 0.15) is 22.3 Å². The first-order chi connectivity index (χ1) is 15.0. The molecule has 3 aromatic carbocycles. The van der Waals surface area contributed by atoms with Crippen molar-refractivity contribution < 1.29 is 14.3 Å². The minimum Gasteiger partial charge on any atom is -0.496 e. The minimum atomic E-state index is -0.375. The largest absolute Gasteiger partial charge is 0.496 e. The van der Waals surface area contributed by atoms with Crippen molar-refractivity contribution in [2.45, 2.75) is 12.8 Å². The minimum absolute atomic E-state index is 0.0759. The molecular formula is C24H23N3O3S. The summed E-state index contributed by atoms with van der Waals surface area (Å²) in [7, 11) is 1.50. The molecule has 6 nitrogen and oxygen atoms in total. The van der Waals surface area contributed by atoms with E-state index in [4.69, 9.17) is 17.0 Å². The Bertz CT molecular complexity index is 1070. The standard InChI is InChI=1S/C24H23N3O3S/c1-30-21-13-6-5-12-20(21)23(29)27-24(31)26-19-11-7-10-18(16-19)25-22(28)15-14-17-8-3-2-4-9-17/h2-13,16H,14-15H2,1H3,(H,25,28)(H2,26,27,29,31). The molecule has 31 heavy (non-hydrogen) atoms. The highest BCUT2D eigenvalue weighted by Crippen LogP contribution is 2.18. The maximum Gasteiger partial charge on any atom is 0.261 e. The van der Waals surface area contributed by atoms with Gasteiger partial charge in [-0.25, -0.2) is 0 Å². The van der Waals surface area contributed by atoms with Gasteiger partial charge in [0.25, 0.3) is 5.91 Å². The van der Waals surface area contributed by atoms with Gasteiger partial charge >= 0.3 is 0 Å². The number of ether oxygens (including phenoxy) is 1. The third kappa shape index (κ3) is 6.65. The van der Waals surface area contributed by atoms with Gasteiger partial charge in [0.2, 0.25) is 5.91 Å². The number of amides is 2. The van der Waals surface area contributed by atoms with Crippen LogP contribution >= 0.6 is 12.2 Å². The van der Waals surface area contributed by atoms with Crippen LogP contribution in [-0.4, -0.2) is 24.0 Å². The molecule has 3 aromatic rings. The van der Waals surface area contributed by atoms with Crippen molar-refractivity contribution in [3.8, 4) is 5.75 Å². The maximum atomic E-state index is 12.5. The van der Waals surface area contributed by atoms with Gasteiger partial charge in [0.15, 0.2) is 5.11 Å². The average Bonchev–Trinajstić information content (AvgIpc) is 2.78. The second-order valence-corrected chi connectivity index (χ2v) is 7.13. The van der Waals surface area contributed by atoms with E-state index in [0.717, 1.165) is 5.56 Å². The lowest BCUT2D eigenvalue weighted by molar-refractivity contribution is -0.116. The van der Waals surface area contributed by atoms with E-state index in [0.29, 0.717) is 35.5 Å². The number of nitrogens with one attached hydrogen (secondary N) is 3. The lowest BCUT2D eigenvalue weighted by Crippen LogP contribution is -2.34. The molecule has 158 valence electrons. The summed E-state index contributed by atoms with van der Waals surface area (Å²) < 4.78 is 5.20. The first kappa shape index (κ1) is 22.0. The molecule has 0 saturated heterocycles. The van der Waals surface area contributed by atoms with Gasteiger partial charge in [-0.05, 0) is 54.5 Å². The molecule has 0 unspecified atom stereocenters. The Hall–Kier alpha value is -3.71. The Morgan fingerprint density at radius 3 is 2.29 bits per heavy atom. The summed E-state index contributed by atoms with van der Waals surface area (Å²) in [6.07, 6.45) is 1.05. The van der Waals surface area contributed by atoms with Crippen LogP contribution in [0.4, 0.5) is 11.4 Å². The number of hydrogen-bond acceptors (Lipinski definition) is 4. The smallest absolute Gasteiger partial charge is 0.261 e. The zero-order valence-electron chi connectivity index (χ0n) is 17.1. The highest BCUT2D eigenvalue weighted by molar-refractivity contribution is 7.80. The van der Waals surface area contributed by atoms with E-state index in [1.807, 2.05) is 30.3 Å². The van der Waals surface area contributed by atoms with E-state index in [-0.39, 0.29) is 16.9 Å². The Labute approximate surface area is 186 Å². The fourth-order valence-electron chi connectivity index (χ4n) is 2.97. The van der Waals surface area contributed by atoms with E-state index >= 15 is 0 Å². The number of carbonyl (C=O) groups excluding carboxylic acids is 2. The number of carbonyl (C=O) groups is 2. The van der Waals surface area contributed by atoms with Gasteiger partial charge in [-0.2, -0.15) is 0 Å². The van der Waals surface area contributed by atoms with Gasteiger partial charge in [-0.15, -0.1) is 0 Å². The number of rotatable bonds is 7. The van der Waals surface area contributed by atoms with Crippen LogP contribution in [0, 0.1) is 0 Å². The van der Waals surface area contributed by atoms with Gasteiger partial charge in [-0.3, -0.25) is 14.9 Å². The Morgan fingerprint density at radius 1 is 0.871 bits per heavy atom. The zero-order chi connectivity index (χ0) is 22.1. The number of benzene rings is 3. The molecule has 0 bridgehead atoms. The van der Waals surface area contributed by atoms with Crippen LogP contribution in [0.3, 0.4) is 0 Å². The number of anilines is 2. The third-order valence-electron chi connectivity index (χ3n) is 4.47. The van der Waals surface area contributed by atoms with Crippen LogP contribution in [0.5, 0.6) is 5.75 Å². The van der Waals surface area contributed by atoms with E-state index in [2.05, 4.69) is 16.0 Å². The maximum absolute atomic E-state index is 12.5.